The van der Waals surface area contributed by atoms with Crippen molar-refractivity contribution in [3.8, 4) is 5.75 Å². The van der Waals surface area contributed by atoms with Crippen LogP contribution in [0.3, 0.4) is 0 Å². The Morgan fingerprint density at radius 2 is 1.89 bits per heavy atom. The number of nitrogens with zero attached hydrogens (tertiary/aromatic N) is 1. The summed E-state index contributed by atoms with van der Waals surface area (Å²) in [5.41, 5.74) is 2.96. The van der Waals surface area contributed by atoms with Crippen molar-refractivity contribution in [1.29, 1.82) is 0 Å². The molecule has 1 N–H and O–H groups in total. The van der Waals surface area contributed by atoms with Crippen molar-refractivity contribution in [2.45, 2.75) is 20.0 Å². The summed E-state index contributed by atoms with van der Waals surface area (Å²) in [6.45, 7) is 4.46. The van der Waals surface area contributed by atoms with Gasteiger partial charge in [-0.2, -0.15) is 0 Å². The molecule has 1 aliphatic heterocycles. The highest BCUT2D eigenvalue weighted by Gasteiger charge is 2.32. The predicted molar refractivity (Wildman–Crippen MR) is 103 cm³/mol. The summed E-state index contributed by atoms with van der Waals surface area (Å²) in [5.74, 6) is 0.272. The molecule has 1 atom stereocenters. The van der Waals surface area contributed by atoms with E-state index in [0.29, 0.717) is 17.3 Å². The SMILES string of the molecule is Cc1cc(C)cc(N2CC(CNC(=O)COc3ccc(Cl)cc3)OC2=O)c1. The molecule has 0 saturated carbocycles. The van der Waals surface area contributed by atoms with Gasteiger partial charge in [0, 0.05) is 10.7 Å². The Labute approximate surface area is 163 Å². The van der Waals surface area contributed by atoms with E-state index in [1.807, 2.05) is 32.0 Å². The van der Waals surface area contributed by atoms with Crippen LogP contribution in [-0.4, -0.2) is 37.8 Å². The zero-order chi connectivity index (χ0) is 19.4. The minimum Gasteiger partial charge on any atom is -0.484 e. The molecule has 2 aromatic rings. The second-order valence-corrected chi connectivity index (χ2v) is 6.95. The third-order valence-electron chi connectivity index (χ3n) is 4.10. The Morgan fingerprint density at radius 3 is 2.56 bits per heavy atom. The normalized spacial score (nSPS) is 16.2. The van der Waals surface area contributed by atoms with Gasteiger partial charge in [-0.1, -0.05) is 17.7 Å². The summed E-state index contributed by atoms with van der Waals surface area (Å²) in [6, 6.07) is 12.7. The first kappa shape index (κ1) is 19.0. The van der Waals surface area contributed by atoms with Crippen molar-refractivity contribution in [3.05, 3.63) is 58.6 Å². The van der Waals surface area contributed by atoms with Crippen LogP contribution >= 0.6 is 11.6 Å². The zero-order valence-electron chi connectivity index (χ0n) is 15.2. The highest BCUT2D eigenvalue weighted by molar-refractivity contribution is 6.30. The van der Waals surface area contributed by atoms with Gasteiger partial charge in [0.05, 0.1) is 13.1 Å². The highest BCUT2D eigenvalue weighted by Crippen LogP contribution is 2.24. The summed E-state index contributed by atoms with van der Waals surface area (Å²) in [5, 5.41) is 3.33. The Morgan fingerprint density at radius 1 is 1.22 bits per heavy atom. The summed E-state index contributed by atoms with van der Waals surface area (Å²) in [4.78, 5) is 25.7. The topological polar surface area (TPSA) is 67.9 Å². The number of benzene rings is 2. The molecule has 142 valence electrons. The average Bonchev–Trinajstić information content (AvgIpc) is 2.99. The number of carbonyl (C=O) groups is 2. The van der Waals surface area contributed by atoms with Crippen molar-refractivity contribution in [2.24, 2.45) is 0 Å². The number of nitrogens with one attached hydrogen (secondary N) is 1. The molecule has 1 unspecified atom stereocenters. The largest absolute Gasteiger partial charge is 0.484 e. The maximum atomic E-state index is 12.1. The van der Waals surface area contributed by atoms with Gasteiger partial charge in [-0.05, 0) is 61.4 Å². The summed E-state index contributed by atoms with van der Waals surface area (Å²) in [6.07, 6.45) is -0.811. The lowest BCUT2D eigenvalue weighted by atomic mass is 10.1. The first-order chi connectivity index (χ1) is 12.9. The van der Waals surface area contributed by atoms with Gasteiger partial charge in [0.15, 0.2) is 6.61 Å². The van der Waals surface area contributed by atoms with Gasteiger partial charge in [0.2, 0.25) is 0 Å². The molecule has 6 nitrogen and oxygen atoms in total. The van der Waals surface area contributed by atoms with Crippen LogP contribution in [0.1, 0.15) is 11.1 Å². The third-order valence-corrected chi connectivity index (χ3v) is 4.35. The van der Waals surface area contributed by atoms with Crippen LogP contribution in [0.5, 0.6) is 5.75 Å². The minimum absolute atomic E-state index is 0.122. The minimum atomic E-state index is -0.406. The number of carbonyl (C=O) groups excluding carboxylic acids is 2. The molecule has 0 aliphatic carbocycles. The van der Waals surface area contributed by atoms with Crippen LogP contribution in [0, 0.1) is 13.8 Å². The molecule has 1 saturated heterocycles. The molecule has 27 heavy (non-hydrogen) atoms. The molecule has 1 aliphatic rings. The first-order valence-corrected chi connectivity index (χ1v) is 9.00. The molecule has 0 spiro atoms. The summed E-state index contributed by atoms with van der Waals surface area (Å²) < 4.78 is 10.7. The molecule has 1 heterocycles. The number of aryl methyl sites for hydroxylation is 2. The van der Waals surface area contributed by atoms with Crippen LogP contribution in [0.4, 0.5) is 10.5 Å². The number of anilines is 1. The van der Waals surface area contributed by atoms with Crippen molar-refractivity contribution >= 4 is 29.3 Å². The van der Waals surface area contributed by atoms with E-state index in [1.165, 1.54) is 0 Å². The monoisotopic (exact) mass is 388 g/mol. The third kappa shape index (κ3) is 5.14. The van der Waals surface area contributed by atoms with Crippen molar-refractivity contribution in [1.82, 2.24) is 5.32 Å². The maximum Gasteiger partial charge on any atom is 0.414 e. The van der Waals surface area contributed by atoms with E-state index < -0.39 is 12.2 Å². The molecule has 0 aromatic heterocycles. The smallest absolute Gasteiger partial charge is 0.414 e. The quantitative estimate of drug-likeness (QED) is 0.822. The number of hydrogen-bond donors (Lipinski definition) is 1. The standard InChI is InChI=1S/C20H21ClN2O4/c1-13-7-14(2)9-16(8-13)23-11-18(27-20(23)25)10-22-19(24)12-26-17-5-3-15(21)4-6-17/h3-9,18H,10-12H2,1-2H3,(H,22,24). The van der Waals surface area contributed by atoms with Crippen molar-refractivity contribution in [3.63, 3.8) is 0 Å². The molecule has 3 rings (SSSR count). The van der Waals surface area contributed by atoms with Crippen LogP contribution in [-0.2, 0) is 9.53 Å². The van der Waals surface area contributed by atoms with E-state index >= 15 is 0 Å². The zero-order valence-corrected chi connectivity index (χ0v) is 16.0. The van der Waals surface area contributed by atoms with Crippen LogP contribution in [0.15, 0.2) is 42.5 Å². The number of cyclic esters (lactones) is 1. The van der Waals surface area contributed by atoms with E-state index in [1.54, 1.807) is 29.2 Å². The lowest BCUT2D eigenvalue weighted by Crippen LogP contribution is -2.37. The predicted octanol–water partition coefficient (Wildman–Crippen LogP) is 3.48. The van der Waals surface area contributed by atoms with Gasteiger partial charge in [-0.15, -0.1) is 0 Å². The summed E-state index contributed by atoms with van der Waals surface area (Å²) >= 11 is 5.80. The van der Waals surface area contributed by atoms with Crippen molar-refractivity contribution in [2.75, 3.05) is 24.6 Å². The molecular weight excluding hydrogens is 368 g/mol. The van der Waals surface area contributed by atoms with Crippen LogP contribution < -0.4 is 15.0 Å². The van der Waals surface area contributed by atoms with Gasteiger partial charge >= 0.3 is 6.09 Å². The summed E-state index contributed by atoms with van der Waals surface area (Å²) in [7, 11) is 0. The fourth-order valence-electron chi connectivity index (χ4n) is 2.90. The Kier molecular flexibility index (Phi) is 5.86. The van der Waals surface area contributed by atoms with Gasteiger partial charge in [0.25, 0.3) is 5.91 Å². The Hall–Kier alpha value is -2.73. The molecule has 0 radical (unpaired) electrons. The van der Waals surface area contributed by atoms with Gasteiger partial charge in [0.1, 0.15) is 11.9 Å². The molecule has 2 aromatic carbocycles. The van der Waals surface area contributed by atoms with E-state index in [-0.39, 0.29) is 19.1 Å². The van der Waals surface area contributed by atoms with Gasteiger partial charge < -0.3 is 14.8 Å². The number of ether oxygens (including phenoxy) is 2. The second kappa shape index (κ2) is 8.31. The molecule has 7 heteroatoms. The van der Waals surface area contributed by atoms with Gasteiger partial charge in [-0.25, -0.2) is 4.79 Å². The Bertz CT molecular complexity index is 818. The lowest BCUT2D eigenvalue weighted by molar-refractivity contribution is -0.123. The second-order valence-electron chi connectivity index (χ2n) is 6.51. The fraction of sp³-hybridized carbons (Fsp3) is 0.300. The van der Waals surface area contributed by atoms with Crippen LogP contribution in [0.25, 0.3) is 0 Å². The maximum absolute atomic E-state index is 12.1. The highest BCUT2D eigenvalue weighted by atomic mass is 35.5. The van der Waals surface area contributed by atoms with E-state index in [9.17, 15) is 9.59 Å². The molecular formula is C20H21ClN2O4. The Balaban J connectivity index is 1.48. The van der Waals surface area contributed by atoms with E-state index in [4.69, 9.17) is 21.1 Å². The number of amides is 2. The lowest BCUT2D eigenvalue weighted by Gasteiger charge is -2.15. The van der Waals surface area contributed by atoms with Crippen molar-refractivity contribution < 1.29 is 19.1 Å². The van der Waals surface area contributed by atoms with E-state index in [0.717, 1.165) is 16.8 Å². The fourth-order valence-corrected chi connectivity index (χ4v) is 3.03. The molecule has 0 bridgehead atoms. The number of rotatable bonds is 6. The van der Waals surface area contributed by atoms with Crippen LogP contribution in [0.2, 0.25) is 5.02 Å². The molecule has 2 amide bonds. The molecule has 1 fully saturated rings. The average molecular weight is 389 g/mol. The number of hydrogen-bond acceptors (Lipinski definition) is 4. The first-order valence-electron chi connectivity index (χ1n) is 8.62. The van der Waals surface area contributed by atoms with E-state index in [2.05, 4.69) is 5.32 Å². The number of halogens is 1. The van der Waals surface area contributed by atoms with Gasteiger partial charge in [-0.3, -0.25) is 9.69 Å².